The lowest BCUT2D eigenvalue weighted by Crippen LogP contribution is -2.30. The highest BCUT2D eigenvalue weighted by molar-refractivity contribution is 5.94. The van der Waals surface area contributed by atoms with Crippen molar-refractivity contribution in [1.29, 1.82) is 0 Å². The molecule has 25 heavy (non-hydrogen) atoms. The van der Waals surface area contributed by atoms with Gasteiger partial charge in [-0.05, 0) is 36.6 Å². The fourth-order valence-corrected chi connectivity index (χ4v) is 2.17. The van der Waals surface area contributed by atoms with Crippen LogP contribution in [0.5, 0.6) is 5.75 Å². The van der Waals surface area contributed by atoms with E-state index in [-0.39, 0.29) is 5.75 Å². The average Bonchev–Trinajstić information content (AvgIpc) is 2.55. The number of amides is 1. The highest BCUT2D eigenvalue weighted by Crippen LogP contribution is 2.28. The van der Waals surface area contributed by atoms with Gasteiger partial charge in [0.2, 0.25) is 5.75 Å². The molecule has 2 rings (SSSR count). The Bertz CT molecular complexity index is 775. The van der Waals surface area contributed by atoms with Crippen LogP contribution in [0.2, 0.25) is 0 Å². The molecule has 0 radical (unpaired) electrons. The summed E-state index contributed by atoms with van der Waals surface area (Å²) in [4.78, 5) is 22.5. The maximum absolute atomic E-state index is 13.3. The first-order valence-electron chi connectivity index (χ1n) is 7.79. The highest BCUT2D eigenvalue weighted by atomic mass is 19.1. The van der Waals surface area contributed by atoms with Crippen molar-refractivity contribution in [1.82, 2.24) is 0 Å². The molecule has 2 aromatic rings. The van der Waals surface area contributed by atoms with Crippen LogP contribution in [0.3, 0.4) is 0 Å². The molecule has 0 unspecified atom stereocenters. The molecule has 0 spiro atoms. The van der Waals surface area contributed by atoms with Crippen LogP contribution < -0.4 is 10.1 Å². The van der Waals surface area contributed by atoms with Crippen LogP contribution in [0.15, 0.2) is 42.5 Å². The number of benzene rings is 2. The van der Waals surface area contributed by atoms with E-state index in [0.717, 1.165) is 23.8 Å². The van der Waals surface area contributed by atoms with E-state index in [9.17, 15) is 19.3 Å². The standard InChI is InChI=1S/C18H19FN2O4/c1-11(2)13-4-7-15(8-5-13)20-18(22)12(3)25-17-10-14(19)6-9-16(17)21(23)24/h4-12H,1-3H3,(H,20,22)/t12-/m0/s1. The number of ether oxygens (including phenoxy) is 1. The highest BCUT2D eigenvalue weighted by Gasteiger charge is 2.22. The molecule has 0 saturated carbocycles. The van der Waals surface area contributed by atoms with E-state index in [1.54, 1.807) is 12.1 Å². The van der Waals surface area contributed by atoms with Gasteiger partial charge in [-0.25, -0.2) is 4.39 Å². The van der Waals surface area contributed by atoms with Gasteiger partial charge in [-0.2, -0.15) is 0 Å². The van der Waals surface area contributed by atoms with Crippen LogP contribution in [-0.2, 0) is 4.79 Å². The Morgan fingerprint density at radius 1 is 1.16 bits per heavy atom. The Hall–Kier alpha value is -2.96. The molecule has 1 amide bonds. The maximum atomic E-state index is 13.3. The zero-order valence-electron chi connectivity index (χ0n) is 14.2. The van der Waals surface area contributed by atoms with E-state index in [2.05, 4.69) is 19.2 Å². The van der Waals surface area contributed by atoms with Gasteiger partial charge in [0.15, 0.2) is 6.10 Å². The molecule has 132 valence electrons. The van der Waals surface area contributed by atoms with Crippen LogP contribution in [-0.4, -0.2) is 16.9 Å². The molecule has 7 heteroatoms. The van der Waals surface area contributed by atoms with E-state index in [1.165, 1.54) is 6.92 Å². The number of hydrogen-bond donors (Lipinski definition) is 1. The maximum Gasteiger partial charge on any atom is 0.311 e. The van der Waals surface area contributed by atoms with Gasteiger partial charge in [-0.3, -0.25) is 14.9 Å². The first-order chi connectivity index (χ1) is 11.8. The van der Waals surface area contributed by atoms with Crippen molar-refractivity contribution in [2.24, 2.45) is 0 Å². The Labute approximate surface area is 144 Å². The van der Waals surface area contributed by atoms with Crippen molar-refractivity contribution < 1.29 is 18.8 Å². The topological polar surface area (TPSA) is 81.5 Å². The number of halogens is 1. The van der Waals surface area contributed by atoms with Gasteiger partial charge in [-0.15, -0.1) is 0 Å². The molecule has 0 aliphatic carbocycles. The molecule has 0 fully saturated rings. The van der Waals surface area contributed by atoms with Gasteiger partial charge in [0.1, 0.15) is 5.82 Å². The van der Waals surface area contributed by atoms with E-state index < -0.39 is 28.4 Å². The van der Waals surface area contributed by atoms with Crippen LogP contribution in [0.4, 0.5) is 15.8 Å². The molecular weight excluding hydrogens is 327 g/mol. The Kier molecular flexibility index (Phi) is 5.69. The second-order valence-corrected chi connectivity index (χ2v) is 5.90. The number of hydrogen-bond acceptors (Lipinski definition) is 4. The molecule has 6 nitrogen and oxygen atoms in total. The summed E-state index contributed by atoms with van der Waals surface area (Å²) in [5.41, 5.74) is 1.32. The first kappa shape index (κ1) is 18.4. The molecule has 0 aliphatic rings. The second-order valence-electron chi connectivity index (χ2n) is 5.90. The Morgan fingerprint density at radius 2 is 1.80 bits per heavy atom. The summed E-state index contributed by atoms with van der Waals surface area (Å²) in [5, 5.41) is 13.6. The molecule has 0 bridgehead atoms. The number of nitrogens with one attached hydrogen (secondary N) is 1. The third kappa shape index (κ3) is 4.76. The minimum atomic E-state index is -1.04. The van der Waals surface area contributed by atoms with E-state index in [0.29, 0.717) is 11.6 Å². The predicted molar refractivity (Wildman–Crippen MR) is 92.3 cm³/mol. The van der Waals surface area contributed by atoms with Crippen LogP contribution in [0.1, 0.15) is 32.3 Å². The molecule has 0 aromatic heterocycles. The lowest BCUT2D eigenvalue weighted by Gasteiger charge is -2.15. The Morgan fingerprint density at radius 3 is 2.36 bits per heavy atom. The van der Waals surface area contributed by atoms with Crippen molar-refractivity contribution in [2.75, 3.05) is 5.32 Å². The molecular formula is C18H19FN2O4. The van der Waals surface area contributed by atoms with Crippen LogP contribution >= 0.6 is 0 Å². The third-order valence-corrected chi connectivity index (χ3v) is 3.64. The molecule has 2 aromatic carbocycles. The van der Waals surface area contributed by atoms with Crippen LogP contribution in [0.25, 0.3) is 0 Å². The van der Waals surface area contributed by atoms with Crippen molar-refractivity contribution in [3.63, 3.8) is 0 Å². The van der Waals surface area contributed by atoms with Crippen molar-refractivity contribution in [3.05, 3.63) is 64.0 Å². The summed E-state index contributed by atoms with van der Waals surface area (Å²) in [5.74, 6) is -1.09. The monoisotopic (exact) mass is 346 g/mol. The fourth-order valence-electron chi connectivity index (χ4n) is 2.17. The van der Waals surface area contributed by atoms with Gasteiger partial charge in [0.25, 0.3) is 5.91 Å². The summed E-state index contributed by atoms with van der Waals surface area (Å²) < 4.78 is 18.6. The summed E-state index contributed by atoms with van der Waals surface area (Å²) >= 11 is 0. The van der Waals surface area contributed by atoms with Gasteiger partial charge in [0.05, 0.1) is 4.92 Å². The fraction of sp³-hybridized carbons (Fsp3) is 0.278. The van der Waals surface area contributed by atoms with Gasteiger partial charge < -0.3 is 10.1 Å². The Balaban J connectivity index is 2.08. The van der Waals surface area contributed by atoms with Crippen molar-refractivity contribution in [2.45, 2.75) is 32.8 Å². The molecule has 0 heterocycles. The number of nitro groups is 1. The minimum absolute atomic E-state index is 0.289. The lowest BCUT2D eigenvalue weighted by atomic mass is 10.0. The summed E-state index contributed by atoms with van der Waals surface area (Å²) in [6.45, 7) is 5.57. The average molecular weight is 346 g/mol. The zero-order chi connectivity index (χ0) is 18.6. The van der Waals surface area contributed by atoms with Crippen molar-refractivity contribution in [3.8, 4) is 5.75 Å². The van der Waals surface area contributed by atoms with E-state index in [4.69, 9.17) is 4.74 Å². The molecule has 1 N–H and O–H groups in total. The van der Waals surface area contributed by atoms with Crippen molar-refractivity contribution >= 4 is 17.3 Å². The lowest BCUT2D eigenvalue weighted by molar-refractivity contribution is -0.386. The molecule has 0 saturated heterocycles. The number of nitrogens with zero attached hydrogens (tertiary/aromatic N) is 1. The smallest absolute Gasteiger partial charge is 0.311 e. The quantitative estimate of drug-likeness (QED) is 0.626. The van der Waals surface area contributed by atoms with Gasteiger partial charge in [-0.1, -0.05) is 26.0 Å². The molecule has 0 aliphatic heterocycles. The van der Waals surface area contributed by atoms with Gasteiger partial charge in [0, 0.05) is 17.8 Å². The number of carbonyl (C=O) groups is 1. The van der Waals surface area contributed by atoms with E-state index in [1.807, 2.05) is 12.1 Å². The normalized spacial score (nSPS) is 11.9. The third-order valence-electron chi connectivity index (χ3n) is 3.64. The number of anilines is 1. The second kappa shape index (κ2) is 7.74. The summed E-state index contributed by atoms with van der Waals surface area (Å²) in [6, 6.07) is 10.2. The summed E-state index contributed by atoms with van der Waals surface area (Å²) in [6.07, 6.45) is -1.04. The number of carbonyl (C=O) groups excluding carboxylic acids is 1. The van der Waals surface area contributed by atoms with Crippen LogP contribution in [0, 0.1) is 15.9 Å². The first-order valence-corrected chi connectivity index (χ1v) is 7.79. The molecule has 1 atom stereocenters. The number of rotatable bonds is 6. The largest absolute Gasteiger partial charge is 0.474 e. The SMILES string of the molecule is CC(C)c1ccc(NC(=O)[C@H](C)Oc2cc(F)ccc2[N+](=O)[O-])cc1. The van der Waals surface area contributed by atoms with Gasteiger partial charge >= 0.3 is 5.69 Å². The number of nitro benzene ring substituents is 1. The predicted octanol–water partition coefficient (Wildman–Crippen LogP) is 4.26. The van der Waals surface area contributed by atoms with E-state index >= 15 is 0 Å². The summed E-state index contributed by atoms with van der Waals surface area (Å²) in [7, 11) is 0. The minimum Gasteiger partial charge on any atom is -0.474 e. The zero-order valence-corrected chi connectivity index (χ0v) is 14.2.